The molecule has 0 aromatic heterocycles. The molecule has 2 N–H and O–H groups in total. The molecule has 8 heteroatoms. The highest BCUT2D eigenvalue weighted by molar-refractivity contribution is 6.42. The fourth-order valence-electron chi connectivity index (χ4n) is 7.66. The van der Waals surface area contributed by atoms with Crippen molar-refractivity contribution >= 4 is 40.3 Å². The first-order valence-corrected chi connectivity index (χ1v) is 16.5. The molecule has 1 aromatic rings. The molecular formula is C38H50N4O4. The minimum Gasteiger partial charge on any atom is -0.506 e. The summed E-state index contributed by atoms with van der Waals surface area (Å²) in [5.41, 5.74) is 5.14. The van der Waals surface area contributed by atoms with E-state index in [1.54, 1.807) is 0 Å². The summed E-state index contributed by atoms with van der Waals surface area (Å²) in [6.45, 7) is 26.4. The predicted molar refractivity (Wildman–Crippen MR) is 186 cm³/mol. The lowest BCUT2D eigenvalue weighted by atomic mass is 9.69. The lowest BCUT2D eigenvalue weighted by Crippen LogP contribution is -2.51. The maximum atomic E-state index is 14.2. The third-order valence-corrected chi connectivity index (χ3v) is 11.5. The van der Waals surface area contributed by atoms with Crippen molar-refractivity contribution in [1.82, 2.24) is 4.90 Å². The quantitative estimate of drug-likeness (QED) is 0.319. The number of aliphatic hydroxyl groups is 1. The second-order valence-electron chi connectivity index (χ2n) is 15.2. The van der Waals surface area contributed by atoms with Gasteiger partial charge >= 0.3 is 0 Å². The van der Waals surface area contributed by atoms with Crippen molar-refractivity contribution in [1.29, 1.82) is 0 Å². The van der Waals surface area contributed by atoms with Crippen molar-refractivity contribution in [3.63, 3.8) is 0 Å². The lowest BCUT2D eigenvalue weighted by molar-refractivity contribution is -0.116. The van der Waals surface area contributed by atoms with Gasteiger partial charge in [0.2, 0.25) is 17.6 Å². The highest BCUT2D eigenvalue weighted by atomic mass is 16.3. The van der Waals surface area contributed by atoms with Crippen molar-refractivity contribution in [2.24, 2.45) is 10.4 Å². The van der Waals surface area contributed by atoms with Crippen LogP contribution in [0.2, 0.25) is 0 Å². The van der Waals surface area contributed by atoms with E-state index in [9.17, 15) is 19.5 Å². The Labute approximate surface area is 274 Å². The van der Waals surface area contributed by atoms with Crippen LogP contribution < -0.4 is 10.2 Å². The van der Waals surface area contributed by atoms with Gasteiger partial charge in [-0.15, -0.1) is 0 Å². The Balaban J connectivity index is 1.75. The molecule has 5 rings (SSSR count). The van der Waals surface area contributed by atoms with Crippen LogP contribution in [0.15, 0.2) is 57.5 Å². The molecule has 0 saturated carbocycles. The van der Waals surface area contributed by atoms with Crippen LogP contribution in [0.3, 0.4) is 0 Å². The van der Waals surface area contributed by atoms with Gasteiger partial charge in [0, 0.05) is 71.4 Å². The zero-order chi connectivity index (χ0) is 34.3. The molecular weight excluding hydrogens is 576 g/mol. The van der Waals surface area contributed by atoms with Crippen molar-refractivity contribution < 1.29 is 19.5 Å². The van der Waals surface area contributed by atoms with E-state index < -0.39 is 0 Å². The SMILES string of the molecule is CCCN1C2=CC(=NC(C)=O)/C(=C3/C(=O)C(c4cc5c(cc4NC(C)=O)N(CCC)C(C)(C)C5(C)C)=C3O)C=C2C(C)(C)C1(C)C. The maximum Gasteiger partial charge on any atom is 0.243 e. The molecule has 1 fully saturated rings. The van der Waals surface area contributed by atoms with Crippen LogP contribution in [0.1, 0.15) is 107 Å². The number of nitrogens with zero attached hydrogens (tertiary/aromatic N) is 3. The van der Waals surface area contributed by atoms with Crippen LogP contribution in [0.25, 0.3) is 5.57 Å². The molecule has 4 aliphatic rings. The third kappa shape index (κ3) is 4.54. The topological polar surface area (TPSA) is 102 Å². The molecule has 46 heavy (non-hydrogen) atoms. The van der Waals surface area contributed by atoms with E-state index in [1.165, 1.54) is 13.8 Å². The molecule has 1 aromatic carbocycles. The van der Waals surface area contributed by atoms with Crippen LogP contribution in [-0.2, 0) is 19.8 Å². The van der Waals surface area contributed by atoms with Gasteiger partial charge in [-0.1, -0.05) is 41.5 Å². The van der Waals surface area contributed by atoms with Gasteiger partial charge in [0.15, 0.2) is 0 Å². The van der Waals surface area contributed by atoms with E-state index in [2.05, 4.69) is 89.3 Å². The number of likely N-dealkylation sites (tertiary alicyclic amines) is 1. The second-order valence-corrected chi connectivity index (χ2v) is 15.2. The molecule has 0 unspecified atom stereocenters. The summed E-state index contributed by atoms with van der Waals surface area (Å²) in [6, 6.07) is 3.92. The van der Waals surface area contributed by atoms with Crippen LogP contribution in [-0.4, -0.2) is 57.5 Å². The lowest BCUT2D eigenvalue weighted by Gasteiger charge is -2.42. The van der Waals surface area contributed by atoms with Gasteiger partial charge in [0.05, 0.1) is 22.5 Å². The Morgan fingerprint density at radius 3 is 1.98 bits per heavy atom. The number of aliphatic imine (C=N–C) groups is 1. The smallest absolute Gasteiger partial charge is 0.243 e. The third-order valence-electron chi connectivity index (χ3n) is 11.5. The van der Waals surface area contributed by atoms with E-state index in [4.69, 9.17) is 0 Å². The number of ketones is 1. The summed E-state index contributed by atoms with van der Waals surface area (Å²) in [4.78, 5) is 48.1. The van der Waals surface area contributed by atoms with E-state index in [0.29, 0.717) is 22.5 Å². The van der Waals surface area contributed by atoms with E-state index in [-0.39, 0.29) is 56.4 Å². The molecule has 2 aliphatic heterocycles. The first-order chi connectivity index (χ1) is 21.2. The summed E-state index contributed by atoms with van der Waals surface area (Å²) >= 11 is 0. The van der Waals surface area contributed by atoms with Gasteiger partial charge in [0.25, 0.3) is 0 Å². The van der Waals surface area contributed by atoms with Crippen molar-refractivity contribution in [2.45, 2.75) is 112 Å². The van der Waals surface area contributed by atoms with Gasteiger partial charge in [-0.05, 0) is 76.0 Å². The number of fused-ring (bicyclic) bond motifs is 2. The number of benzene rings is 1. The van der Waals surface area contributed by atoms with Crippen LogP contribution >= 0.6 is 0 Å². The number of hydrogen-bond acceptors (Lipinski definition) is 6. The minimum atomic E-state index is -0.385. The zero-order valence-corrected chi connectivity index (χ0v) is 29.7. The molecule has 2 amide bonds. The zero-order valence-electron chi connectivity index (χ0n) is 29.7. The summed E-state index contributed by atoms with van der Waals surface area (Å²) in [5.74, 6) is -1.15. The van der Waals surface area contributed by atoms with Crippen LogP contribution in [0.4, 0.5) is 11.4 Å². The average molecular weight is 627 g/mol. The molecule has 0 bridgehead atoms. The fraction of sp³-hybridized carbons (Fsp3) is 0.526. The monoisotopic (exact) mass is 626 g/mol. The first-order valence-electron chi connectivity index (χ1n) is 16.5. The van der Waals surface area contributed by atoms with Gasteiger partial charge in [-0.25, -0.2) is 4.99 Å². The molecule has 1 saturated heterocycles. The normalized spacial score (nSPS) is 24.4. The summed E-state index contributed by atoms with van der Waals surface area (Å²) in [6.07, 6.45) is 5.75. The first kappa shape index (κ1) is 33.4. The largest absolute Gasteiger partial charge is 0.506 e. The predicted octanol–water partition coefficient (Wildman–Crippen LogP) is 7.42. The Morgan fingerprint density at radius 1 is 0.848 bits per heavy atom. The molecule has 0 radical (unpaired) electrons. The van der Waals surface area contributed by atoms with E-state index >= 15 is 0 Å². The Kier molecular flexibility index (Phi) is 7.86. The van der Waals surface area contributed by atoms with Crippen LogP contribution in [0, 0.1) is 5.41 Å². The van der Waals surface area contributed by atoms with Gasteiger partial charge in [-0.2, -0.15) is 0 Å². The molecule has 0 spiro atoms. The highest BCUT2D eigenvalue weighted by Gasteiger charge is 2.55. The summed E-state index contributed by atoms with van der Waals surface area (Å²) in [7, 11) is 0. The number of Topliss-reactive ketones (excluding diaryl/α,β-unsaturated/α-hetero) is 1. The standard InChI is InChI=1S/C38H50N4O4/c1-13-15-41-29-19-27(39-21(3)43)23(17-25(29)35(5,6)37(41,9)10)31-33(45)32(34(31)46)24-18-26-30(20-28(24)40-22(4)44)42(16-14-2)38(11,12)36(26,7)8/h17-20,45H,13-16H2,1-12H3,(H,39,43)/b32-24+,40-28?. The van der Waals surface area contributed by atoms with Crippen molar-refractivity contribution in [3.8, 4) is 0 Å². The number of rotatable bonds is 6. The number of carbonyl (C=O) groups excluding carboxylic acids is 3. The number of nitrogens with one attached hydrogen (secondary N) is 1. The summed E-state index contributed by atoms with van der Waals surface area (Å²) < 4.78 is 0. The Morgan fingerprint density at radius 2 is 1.43 bits per heavy atom. The Bertz CT molecular complexity index is 1730. The number of carbonyl (C=O) groups is 3. The number of amides is 2. The van der Waals surface area contributed by atoms with E-state index in [1.807, 2.05) is 24.3 Å². The number of allylic oxidation sites excluding steroid dienone is 6. The molecule has 0 atom stereocenters. The Hall–Kier alpha value is -3.94. The number of anilines is 2. The van der Waals surface area contributed by atoms with Gasteiger partial charge in [0.1, 0.15) is 5.76 Å². The van der Waals surface area contributed by atoms with Crippen molar-refractivity contribution in [2.75, 3.05) is 23.3 Å². The minimum absolute atomic E-state index is 0.141. The van der Waals surface area contributed by atoms with E-state index in [0.717, 1.165) is 48.5 Å². The van der Waals surface area contributed by atoms with Crippen molar-refractivity contribution in [3.05, 3.63) is 63.6 Å². The molecule has 8 nitrogen and oxygen atoms in total. The molecule has 2 aliphatic carbocycles. The average Bonchev–Trinajstić information content (AvgIpc) is 3.17. The summed E-state index contributed by atoms with van der Waals surface area (Å²) in [5, 5.41) is 14.7. The second kappa shape index (κ2) is 10.8. The molecule has 2 heterocycles. The number of aliphatic hydroxyl groups excluding tert-OH is 1. The maximum absolute atomic E-state index is 14.2. The van der Waals surface area contributed by atoms with Crippen LogP contribution in [0.5, 0.6) is 0 Å². The highest BCUT2D eigenvalue weighted by Crippen LogP contribution is 2.57. The van der Waals surface area contributed by atoms with Gasteiger partial charge < -0.3 is 20.2 Å². The molecule has 246 valence electrons. The fourth-order valence-corrected chi connectivity index (χ4v) is 7.66. The van der Waals surface area contributed by atoms with Gasteiger partial charge in [-0.3, -0.25) is 14.4 Å². The number of hydrogen-bond donors (Lipinski definition) is 2.